The fourth-order valence-corrected chi connectivity index (χ4v) is 2.81. The highest BCUT2D eigenvalue weighted by Crippen LogP contribution is 2.18. The number of halogens is 1. The third-order valence-corrected chi connectivity index (χ3v) is 4.50. The van der Waals surface area contributed by atoms with E-state index in [9.17, 15) is 0 Å². The molecule has 0 aromatic rings. The minimum absolute atomic E-state index is 0. The summed E-state index contributed by atoms with van der Waals surface area (Å²) in [5, 5.41) is 6.79. The quantitative estimate of drug-likeness (QED) is 0.363. The van der Waals surface area contributed by atoms with Gasteiger partial charge >= 0.3 is 0 Å². The maximum absolute atomic E-state index is 5.43. The Morgan fingerprint density at radius 1 is 1.35 bits per heavy atom. The van der Waals surface area contributed by atoms with Gasteiger partial charge in [-0.3, -0.25) is 9.89 Å². The Hall–Kier alpha value is -0.0800. The van der Waals surface area contributed by atoms with Crippen molar-refractivity contribution >= 4 is 29.9 Å². The van der Waals surface area contributed by atoms with E-state index in [-0.39, 0.29) is 29.6 Å². The molecule has 2 N–H and O–H groups in total. The zero-order valence-corrected chi connectivity index (χ0v) is 18.1. The van der Waals surface area contributed by atoms with Crippen molar-refractivity contribution in [1.29, 1.82) is 0 Å². The molecular formula is C17H37IN4O. The van der Waals surface area contributed by atoms with Gasteiger partial charge in [0, 0.05) is 32.3 Å². The highest BCUT2D eigenvalue weighted by atomic mass is 127. The molecule has 5 nitrogen and oxygen atoms in total. The van der Waals surface area contributed by atoms with Gasteiger partial charge in [-0.25, -0.2) is 0 Å². The lowest BCUT2D eigenvalue weighted by molar-refractivity contribution is 0.0310. The third kappa shape index (κ3) is 8.54. The Balaban J connectivity index is 0.00000484. The molecule has 23 heavy (non-hydrogen) atoms. The number of guanidine groups is 1. The molecule has 0 aliphatic carbocycles. The second-order valence-corrected chi connectivity index (χ2v) is 6.97. The van der Waals surface area contributed by atoms with E-state index in [2.05, 4.69) is 55.1 Å². The normalized spacial score (nSPS) is 21.5. The Morgan fingerprint density at radius 2 is 2.04 bits per heavy atom. The second-order valence-electron chi connectivity index (χ2n) is 6.97. The number of ether oxygens (including phenoxy) is 1. The van der Waals surface area contributed by atoms with E-state index >= 15 is 0 Å². The molecule has 0 aromatic carbocycles. The molecule has 2 unspecified atom stereocenters. The maximum Gasteiger partial charge on any atom is 0.191 e. The van der Waals surface area contributed by atoms with Crippen molar-refractivity contribution in [2.24, 2.45) is 4.99 Å². The van der Waals surface area contributed by atoms with Crippen molar-refractivity contribution in [3.63, 3.8) is 0 Å². The van der Waals surface area contributed by atoms with Gasteiger partial charge in [-0.15, -0.1) is 24.0 Å². The average Bonchev–Trinajstić information content (AvgIpc) is 2.50. The van der Waals surface area contributed by atoms with Crippen molar-refractivity contribution in [3.8, 4) is 0 Å². The van der Waals surface area contributed by atoms with Crippen LogP contribution in [0.3, 0.4) is 0 Å². The molecule has 1 aliphatic heterocycles. The highest BCUT2D eigenvalue weighted by Gasteiger charge is 2.23. The van der Waals surface area contributed by atoms with Gasteiger partial charge in [0.25, 0.3) is 0 Å². The molecule has 0 aromatic heterocycles. The summed E-state index contributed by atoms with van der Waals surface area (Å²) < 4.78 is 5.43. The zero-order chi connectivity index (χ0) is 16.6. The van der Waals surface area contributed by atoms with E-state index in [0.717, 1.165) is 19.0 Å². The largest absolute Gasteiger partial charge is 0.377 e. The lowest BCUT2D eigenvalue weighted by atomic mass is 10.0. The smallest absolute Gasteiger partial charge is 0.191 e. The van der Waals surface area contributed by atoms with E-state index < -0.39 is 0 Å². The molecule has 6 heteroatoms. The Morgan fingerprint density at radius 3 is 2.61 bits per heavy atom. The summed E-state index contributed by atoms with van der Waals surface area (Å²) in [5.74, 6) is 0.879. The number of nitrogens with one attached hydrogen (secondary N) is 2. The molecule has 0 saturated carbocycles. The predicted octanol–water partition coefficient (Wildman–Crippen LogP) is 2.85. The molecule has 1 saturated heterocycles. The average molecular weight is 440 g/mol. The van der Waals surface area contributed by atoms with Crippen LogP contribution >= 0.6 is 24.0 Å². The summed E-state index contributed by atoms with van der Waals surface area (Å²) >= 11 is 0. The third-order valence-electron chi connectivity index (χ3n) is 4.50. The van der Waals surface area contributed by atoms with Crippen LogP contribution in [-0.2, 0) is 4.74 Å². The van der Waals surface area contributed by atoms with Crippen LogP contribution in [0.4, 0.5) is 0 Å². The standard InChI is InChI=1S/C17H36N4O.HI/c1-7-18-16(20-13-17(4,5)22-6)19-12-15(3)21-11-9-8-10-14(21)2;/h14-15H,7-13H2,1-6H3,(H2,18,19,20);1H. The monoisotopic (exact) mass is 440 g/mol. The lowest BCUT2D eigenvalue weighted by Crippen LogP contribution is -2.50. The van der Waals surface area contributed by atoms with E-state index in [1.165, 1.54) is 25.8 Å². The molecule has 0 spiro atoms. The lowest BCUT2D eigenvalue weighted by Gasteiger charge is -2.38. The van der Waals surface area contributed by atoms with Gasteiger partial charge in [0.1, 0.15) is 0 Å². The van der Waals surface area contributed by atoms with Gasteiger partial charge in [-0.1, -0.05) is 6.42 Å². The second kappa shape index (κ2) is 11.5. The van der Waals surface area contributed by atoms with Crippen LogP contribution in [0.1, 0.15) is 53.9 Å². The molecular weight excluding hydrogens is 403 g/mol. The van der Waals surface area contributed by atoms with E-state index in [1.807, 2.05) is 0 Å². The summed E-state index contributed by atoms with van der Waals surface area (Å²) in [4.78, 5) is 7.25. The van der Waals surface area contributed by atoms with Crippen molar-refractivity contribution in [1.82, 2.24) is 15.5 Å². The van der Waals surface area contributed by atoms with Crippen molar-refractivity contribution in [3.05, 3.63) is 0 Å². The van der Waals surface area contributed by atoms with Crippen molar-refractivity contribution < 1.29 is 4.74 Å². The molecule has 0 radical (unpaired) electrons. The van der Waals surface area contributed by atoms with Gasteiger partial charge in [0.05, 0.1) is 12.1 Å². The minimum atomic E-state index is -0.227. The maximum atomic E-state index is 5.43. The first-order valence-electron chi connectivity index (χ1n) is 8.72. The summed E-state index contributed by atoms with van der Waals surface area (Å²) in [6, 6.07) is 1.21. The summed E-state index contributed by atoms with van der Waals surface area (Å²) in [6.07, 6.45) is 4.01. The fourth-order valence-electron chi connectivity index (χ4n) is 2.81. The first kappa shape index (κ1) is 22.9. The zero-order valence-electron chi connectivity index (χ0n) is 15.8. The number of hydrogen-bond donors (Lipinski definition) is 2. The SMILES string of the molecule is CCNC(=NCC(C)(C)OC)NCC(C)N1CCCCC1C.I. The van der Waals surface area contributed by atoms with Crippen LogP contribution in [0.15, 0.2) is 4.99 Å². The van der Waals surface area contributed by atoms with Crippen LogP contribution in [0.5, 0.6) is 0 Å². The number of aliphatic imine (C=N–C) groups is 1. The van der Waals surface area contributed by atoms with Crippen molar-refractivity contribution in [2.75, 3.05) is 33.3 Å². The van der Waals surface area contributed by atoms with Crippen LogP contribution < -0.4 is 10.6 Å². The number of piperidine rings is 1. The Bertz CT molecular complexity index is 349. The van der Waals surface area contributed by atoms with Crippen LogP contribution in [0.25, 0.3) is 0 Å². The molecule has 2 atom stereocenters. The molecule has 1 aliphatic rings. The minimum Gasteiger partial charge on any atom is -0.377 e. The Labute approximate surface area is 160 Å². The van der Waals surface area contributed by atoms with Gasteiger partial charge in [0.15, 0.2) is 5.96 Å². The van der Waals surface area contributed by atoms with E-state index in [0.29, 0.717) is 18.6 Å². The van der Waals surface area contributed by atoms with E-state index in [1.54, 1.807) is 7.11 Å². The van der Waals surface area contributed by atoms with Gasteiger partial charge in [0.2, 0.25) is 0 Å². The predicted molar refractivity (Wildman–Crippen MR) is 110 cm³/mol. The van der Waals surface area contributed by atoms with Crippen LogP contribution in [0, 0.1) is 0 Å². The van der Waals surface area contributed by atoms with Gasteiger partial charge in [-0.05, 0) is 54.0 Å². The number of hydrogen-bond acceptors (Lipinski definition) is 3. The topological polar surface area (TPSA) is 48.9 Å². The van der Waals surface area contributed by atoms with Crippen molar-refractivity contribution in [2.45, 2.75) is 71.6 Å². The van der Waals surface area contributed by atoms with Crippen LogP contribution in [0.2, 0.25) is 0 Å². The first-order valence-corrected chi connectivity index (χ1v) is 8.72. The number of rotatable bonds is 7. The fraction of sp³-hybridized carbons (Fsp3) is 0.941. The van der Waals surface area contributed by atoms with Crippen LogP contribution in [-0.4, -0.2) is 61.8 Å². The van der Waals surface area contributed by atoms with Gasteiger partial charge in [-0.2, -0.15) is 0 Å². The number of nitrogens with zero attached hydrogens (tertiary/aromatic N) is 2. The highest BCUT2D eigenvalue weighted by molar-refractivity contribution is 14.0. The molecule has 1 heterocycles. The summed E-state index contributed by atoms with van der Waals surface area (Å²) in [6.45, 7) is 14.5. The summed E-state index contributed by atoms with van der Waals surface area (Å²) in [5.41, 5.74) is -0.227. The first-order chi connectivity index (χ1) is 10.4. The summed E-state index contributed by atoms with van der Waals surface area (Å²) in [7, 11) is 1.73. The Kier molecular flexibility index (Phi) is 11.4. The molecule has 0 bridgehead atoms. The van der Waals surface area contributed by atoms with E-state index in [4.69, 9.17) is 4.74 Å². The molecule has 1 fully saturated rings. The molecule has 1 rings (SSSR count). The number of methoxy groups -OCH3 is 1. The van der Waals surface area contributed by atoms with Gasteiger partial charge < -0.3 is 15.4 Å². The number of likely N-dealkylation sites (tertiary alicyclic amines) is 1. The molecule has 138 valence electrons. The molecule has 0 amide bonds.